The van der Waals surface area contributed by atoms with Gasteiger partial charge in [-0.3, -0.25) is 0 Å². The van der Waals surface area contributed by atoms with Gasteiger partial charge in [-0.25, -0.2) is 0 Å². The van der Waals surface area contributed by atoms with E-state index in [1.807, 2.05) is 18.2 Å². The maximum Gasteiger partial charge on any atom is 0.119 e. The van der Waals surface area contributed by atoms with Gasteiger partial charge < -0.3 is 17.1 Å². The highest BCUT2D eigenvalue weighted by Gasteiger charge is 2.45. The predicted molar refractivity (Wildman–Crippen MR) is 146 cm³/mol. The molecule has 0 unspecified atom stereocenters. The first-order valence-corrected chi connectivity index (χ1v) is 13.6. The van der Waals surface area contributed by atoms with Gasteiger partial charge in [0.2, 0.25) is 0 Å². The molecule has 35 heavy (non-hydrogen) atoms. The van der Waals surface area contributed by atoms with Crippen LogP contribution in [0.2, 0.25) is 0 Å². The minimum Gasteiger partial charge on any atom is -1.00 e. The van der Waals surface area contributed by atoms with Gasteiger partial charge in [0.1, 0.15) is 35.5 Å². The molecule has 0 heterocycles. The number of hydrogen-bond donors (Lipinski definition) is 0. The molecule has 0 radical (unpaired) electrons. The lowest BCUT2D eigenvalue weighted by atomic mass is 10.2. The molecular formula is C32H28ClOP. The minimum absolute atomic E-state index is 0. The van der Waals surface area contributed by atoms with Crippen molar-refractivity contribution in [2.75, 3.05) is 0 Å². The zero-order chi connectivity index (χ0) is 23.1. The fourth-order valence-corrected chi connectivity index (χ4v) is 8.72. The van der Waals surface area contributed by atoms with Crippen LogP contribution in [0.4, 0.5) is 0 Å². The summed E-state index contributed by atoms with van der Waals surface area (Å²) >= 11 is 0. The molecule has 5 aromatic carbocycles. The van der Waals surface area contributed by atoms with Gasteiger partial charge in [0.05, 0.1) is 6.16 Å². The van der Waals surface area contributed by atoms with Crippen molar-refractivity contribution in [3.63, 3.8) is 0 Å². The fourth-order valence-electron chi connectivity index (χ4n) is 4.47. The maximum absolute atomic E-state index is 6.04. The van der Waals surface area contributed by atoms with Gasteiger partial charge in [0.25, 0.3) is 0 Å². The standard InChI is InChI=1S/C32H28OP.ClH/c1-5-13-27(14-6-1)25-33-29-23-21-28(22-24-29)26-34(30-15-7-2-8-16-30,31-17-9-3-10-18-31)32-19-11-4-12-20-32;/h1-24H,25-26H2;1H/q+1;/p-1. The third-order valence-corrected chi connectivity index (χ3v) is 10.6. The molecule has 0 saturated heterocycles. The lowest BCUT2D eigenvalue weighted by molar-refractivity contribution is -0.00000696. The van der Waals surface area contributed by atoms with Crippen molar-refractivity contribution in [3.8, 4) is 5.75 Å². The molecule has 0 bridgehead atoms. The summed E-state index contributed by atoms with van der Waals surface area (Å²) in [5.41, 5.74) is 2.49. The predicted octanol–water partition coefficient (Wildman–Crippen LogP) is 3.76. The second-order valence-corrected chi connectivity index (χ2v) is 11.9. The second kappa shape index (κ2) is 11.8. The van der Waals surface area contributed by atoms with E-state index in [-0.39, 0.29) is 12.4 Å². The Morgan fingerprint density at radius 1 is 0.429 bits per heavy atom. The Hall–Kier alpha value is -3.38. The lowest BCUT2D eigenvalue weighted by Crippen LogP contribution is -3.00. The first-order chi connectivity index (χ1) is 16.8. The van der Waals surface area contributed by atoms with Crippen LogP contribution in [0.25, 0.3) is 0 Å². The summed E-state index contributed by atoms with van der Waals surface area (Å²) in [5.74, 6) is 0.899. The van der Waals surface area contributed by atoms with E-state index in [1.165, 1.54) is 27.0 Å². The molecule has 0 aromatic heterocycles. The molecule has 5 aromatic rings. The van der Waals surface area contributed by atoms with Crippen LogP contribution in [0.15, 0.2) is 146 Å². The normalized spacial score (nSPS) is 10.9. The maximum atomic E-state index is 6.04. The largest absolute Gasteiger partial charge is 1.00 e. The minimum atomic E-state index is -1.89. The SMILES string of the molecule is [Cl-].c1ccc(COc2ccc(C[P+](c3ccccc3)(c3ccccc3)c3ccccc3)cc2)cc1. The van der Waals surface area contributed by atoms with Gasteiger partial charge in [-0.2, -0.15) is 0 Å². The average molecular weight is 495 g/mol. The number of benzene rings is 5. The molecule has 0 fully saturated rings. The van der Waals surface area contributed by atoms with Crippen molar-refractivity contribution in [2.24, 2.45) is 0 Å². The van der Waals surface area contributed by atoms with Gasteiger partial charge in [0.15, 0.2) is 0 Å². The third kappa shape index (κ3) is 5.65. The summed E-state index contributed by atoms with van der Waals surface area (Å²) in [6.07, 6.45) is 0.962. The van der Waals surface area contributed by atoms with E-state index in [0.717, 1.165) is 11.9 Å². The van der Waals surface area contributed by atoms with Crippen molar-refractivity contribution in [1.29, 1.82) is 0 Å². The van der Waals surface area contributed by atoms with Gasteiger partial charge in [0, 0.05) is 0 Å². The molecular weight excluding hydrogens is 467 g/mol. The molecule has 0 spiro atoms. The fraction of sp³-hybridized carbons (Fsp3) is 0.0625. The van der Waals surface area contributed by atoms with Crippen molar-refractivity contribution in [3.05, 3.63) is 157 Å². The Morgan fingerprint density at radius 2 is 0.829 bits per heavy atom. The Bertz CT molecular complexity index is 1200. The summed E-state index contributed by atoms with van der Waals surface area (Å²) in [5, 5.41) is 4.20. The summed E-state index contributed by atoms with van der Waals surface area (Å²) in [4.78, 5) is 0. The quantitative estimate of drug-likeness (QED) is 0.298. The molecule has 0 N–H and O–H groups in total. The third-order valence-electron chi connectivity index (χ3n) is 6.18. The topological polar surface area (TPSA) is 9.23 Å². The summed E-state index contributed by atoms with van der Waals surface area (Å²) < 4.78 is 6.04. The van der Waals surface area contributed by atoms with E-state index in [9.17, 15) is 0 Å². The smallest absolute Gasteiger partial charge is 0.119 e. The first kappa shape index (κ1) is 24.7. The zero-order valence-electron chi connectivity index (χ0n) is 19.5. The molecule has 1 nitrogen and oxygen atoms in total. The van der Waals surface area contributed by atoms with E-state index in [1.54, 1.807) is 0 Å². The molecule has 0 atom stereocenters. The van der Waals surface area contributed by atoms with E-state index in [2.05, 4.69) is 127 Å². The molecule has 0 amide bonds. The number of ether oxygens (including phenoxy) is 1. The first-order valence-electron chi connectivity index (χ1n) is 11.7. The highest BCUT2D eigenvalue weighted by atomic mass is 35.5. The van der Waals surface area contributed by atoms with Crippen LogP contribution < -0.4 is 33.1 Å². The van der Waals surface area contributed by atoms with Crippen molar-refractivity contribution in [1.82, 2.24) is 0 Å². The van der Waals surface area contributed by atoms with Crippen LogP contribution in [-0.4, -0.2) is 0 Å². The van der Waals surface area contributed by atoms with Crippen LogP contribution in [-0.2, 0) is 12.8 Å². The van der Waals surface area contributed by atoms with Crippen LogP contribution in [0.5, 0.6) is 5.75 Å². The monoisotopic (exact) mass is 494 g/mol. The average Bonchev–Trinajstić information content (AvgIpc) is 2.93. The molecule has 5 rings (SSSR count). The van der Waals surface area contributed by atoms with Gasteiger partial charge in [-0.15, -0.1) is 0 Å². The van der Waals surface area contributed by atoms with Gasteiger partial charge >= 0.3 is 0 Å². The molecule has 0 aliphatic heterocycles. The van der Waals surface area contributed by atoms with Gasteiger partial charge in [-0.05, 0) is 59.7 Å². The van der Waals surface area contributed by atoms with Crippen molar-refractivity contribution in [2.45, 2.75) is 12.8 Å². The Balaban J connectivity index is 0.00000289. The van der Waals surface area contributed by atoms with E-state index in [0.29, 0.717) is 6.61 Å². The van der Waals surface area contributed by atoms with Gasteiger partial charge in [-0.1, -0.05) is 97.1 Å². The number of hydrogen-bond acceptors (Lipinski definition) is 1. The van der Waals surface area contributed by atoms with Crippen LogP contribution >= 0.6 is 7.26 Å². The number of rotatable bonds is 8. The van der Waals surface area contributed by atoms with Crippen molar-refractivity contribution >= 4 is 23.2 Å². The van der Waals surface area contributed by atoms with E-state index >= 15 is 0 Å². The van der Waals surface area contributed by atoms with Crippen LogP contribution in [0.1, 0.15) is 11.1 Å². The Labute approximate surface area is 215 Å². The molecule has 0 aliphatic carbocycles. The van der Waals surface area contributed by atoms with E-state index in [4.69, 9.17) is 4.74 Å². The molecule has 3 heteroatoms. The molecule has 174 valence electrons. The van der Waals surface area contributed by atoms with Crippen LogP contribution in [0.3, 0.4) is 0 Å². The Kier molecular flexibility index (Phi) is 8.37. The zero-order valence-corrected chi connectivity index (χ0v) is 21.2. The Morgan fingerprint density at radius 3 is 1.26 bits per heavy atom. The summed E-state index contributed by atoms with van der Waals surface area (Å²) in [6.45, 7) is 0.579. The van der Waals surface area contributed by atoms with E-state index < -0.39 is 7.26 Å². The summed E-state index contributed by atoms with van der Waals surface area (Å²) in [6, 6.07) is 52.0. The second-order valence-electron chi connectivity index (χ2n) is 8.39. The summed E-state index contributed by atoms with van der Waals surface area (Å²) in [7, 11) is -1.89. The number of halogens is 1. The lowest BCUT2D eigenvalue weighted by Gasteiger charge is -2.28. The molecule has 0 saturated carbocycles. The van der Waals surface area contributed by atoms with Crippen LogP contribution in [0, 0.1) is 0 Å². The molecule has 0 aliphatic rings. The van der Waals surface area contributed by atoms with Crippen molar-refractivity contribution < 1.29 is 17.1 Å². The highest BCUT2D eigenvalue weighted by Crippen LogP contribution is 2.58. The highest BCUT2D eigenvalue weighted by molar-refractivity contribution is 7.95.